The maximum atomic E-state index is 13.1. The lowest BCUT2D eigenvalue weighted by molar-refractivity contribution is -0.128. The Hall–Kier alpha value is -2.00. The van der Waals surface area contributed by atoms with Crippen molar-refractivity contribution in [2.75, 3.05) is 19.6 Å². The fourth-order valence-corrected chi connectivity index (χ4v) is 4.34. The number of amides is 3. The van der Waals surface area contributed by atoms with Gasteiger partial charge in [0.1, 0.15) is 5.82 Å². The Morgan fingerprint density at radius 3 is 2.50 bits per heavy atom. The number of carbonyl (C=O) groups is 2. The molecule has 0 radical (unpaired) electrons. The van der Waals surface area contributed by atoms with E-state index in [1.54, 1.807) is 0 Å². The number of carbonyl (C=O) groups excluding carboxylic acids is 2. The number of hydrogen-bond donors (Lipinski definition) is 1. The average molecular weight is 327 g/mol. The van der Waals surface area contributed by atoms with E-state index >= 15 is 0 Å². The number of urea groups is 1. The second-order valence-electron chi connectivity index (χ2n) is 5.31. The second kappa shape index (κ2) is 5.03. The van der Waals surface area contributed by atoms with Crippen LogP contribution in [-0.4, -0.2) is 55.2 Å². The molecule has 3 rings (SSSR count). The van der Waals surface area contributed by atoms with Crippen molar-refractivity contribution in [1.82, 2.24) is 14.5 Å². The van der Waals surface area contributed by atoms with Crippen LogP contribution in [0.15, 0.2) is 23.1 Å². The maximum Gasteiger partial charge on any atom is 0.324 e. The highest BCUT2D eigenvalue weighted by atomic mass is 32.2. The summed E-state index contributed by atoms with van der Waals surface area (Å²) in [6.07, 6.45) is 0. The highest BCUT2D eigenvalue weighted by molar-refractivity contribution is 7.89. The molecule has 2 aliphatic heterocycles. The molecule has 22 heavy (non-hydrogen) atoms. The summed E-state index contributed by atoms with van der Waals surface area (Å²) >= 11 is 0. The zero-order chi connectivity index (χ0) is 16.1. The molecule has 118 valence electrons. The van der Waals surface area contributed by atoms with E-state index < -0.39 is 27.9 Å². The van der Waals surface area contributed by atoms with Crippen LogP contribution in [0.5, 0.6) is 0 Å². The van der Waals surface area contributed by atoms with Crippen LogP contribution < -0.4 is 5.32 Å². The molecule has 1 aromatic rings. The minimum atomic E-state index is -3.75. The lowest BCUT2D eigenvalue weighted by Crippen LogP contribution is -2.62. The van der Waals surface area contributed by atoms with Gasteiger partial charge in [-0.15, -0.1) is 0 Å². The van der Waals surface area contributed by atoms with E-state index in [4.69, 9.17) is 0 Å². The Balaban J connectivity index is 1.77. The van der Waals surface area contributed by atoms with Crippen LogP contribution in [0.1, 0.15) is 5.56 Å². The first-order valence-corrected chi connectivity index (χ1v) is 8.11. The number of rotatable bonds is 3. The van der Waals surface area contributed by atoms with Gasteiger partial charge < -0.3 is 5.32 Å². The first-order valence-electron chi connectivity index (χ1n) is 6.67. The van der Waals surface area contributed by atoms with E-state index in [0.29, 0.717) is 5.56 Å². The highest BCUT2D eigenvalue weighted by Gasteiger charge is 2.45. The molecule has 3 amide bonds. The number of nitrogens with zero attached hydrogens (tertiary/aromatic N) is 2. The SMILES string of the molecule is Cc1cc(F)ccc1S(=O)(=O)N1CC(N2C(=O)CNC2=O)C1. The fraction of sp³-hybridized carbons (Fsp3) is 0.385. The molecule has 0 bridgehead atoms. The van der Waals surface area contributed by atoms with Crippen molar-refractivity contribution in [3.63, 3.8) is 0 Å². The number of aryl methyl sites for hydroxylation is 1. The molecule has 0 aliphatic carbocycles. The third-order valence-corrected chi connectivity index (χ3v) is 5.82. The van der Waals surface area contributed by atoms with E-state index in [9.17, 15) is 22.4 Å². The minimum absolute atomic E-state index is 0.0320. The Labute approximate surface area is 126 Å². The largest absolute Gasteiger partial charge is 0.329 e. The van der Waals surface area contributed by atoms with Gasteiger partial charge in [0, 0.05) is 13.1 Å². The Bertz CT molecular complexity index is 743. The van der Waals surface area contributed by atoms with Gasteiger partial charge in [-0.1, -0.05) is 0 Å². The maximum absolute atomic E-state index is 13.1. The Kier molecular flexibility index (Phi) is 3.41. The lowest BCUT2D eigenvalue weighted by atomic mass is 10.1. The monoisotopic (exact) mass is 327 g/mol. The van der Waals surface area contributed by atoms with Gasteiger partial charge in [0.05, 0.1) is 17.5 Å². The topological polar surface area (TPSA) is 86.8 Å². The molecule has 2 heterocycles. The molecule has 1 N–H and O–H groups in total. The highest BCUT2D eigenvalue weighted by Crippen LogP contribution is 2.27. The van der Waals surface area contributed by atoms with Crippen LogP contribution in [0.3, 0.4) is 0 Å². The van der Waals surface area contributed by atoms with Crippen molar-refractivity contribution in [1.29, 1.82) is 0 Å². The quantitative estimate of drug-likeness (QED) is 0.795. The molecule has 0 spiro atoms. The van der Waals surface area contributed by atoms with Crippen molar-refractivity contribution >= 4 is 22.0 Å². The van der Waals surface area contributed by atoms with Gasteiger partial charge in [-0.25, -0.2) is 17.6 Å². The zero-order valence-electron chi connectivity index (χ0n) is 11.7. The molecule has 0 atom stereocenters. The molecule has 0 unspecified atom stereocenters. The van der Waals surface area contributed by atoms with Gasteiger partial charge in [-0.3, -0.25) is 9.69 Å². The van der Waals surface area contributed by atoms with Gasteiger partial charge in [0.25, 0.3) is 0 Å². The van der Waals surface area contributed by atoms with Crippen LogP contribution in [0.25, 0.3) is 0 Å². The molecule has 9 heteroatoms. The normalized spacial score (nSPS) is 20.2. The van der Waals surface area contributed by atoms with E-state index in [1.807, 2.05) is 0 Å². The van der Waals surface area contributed by atoms with Crippen molar-refractivity contribution in [2.24, 2.45) is 0 Å². The van der Waals surface area contributed by atoms with Gasteiger partial charge >= 0.3 is 6.03 Å². The molecule has 2 fully saturated rings. The van der Waals surface area contributed by atoms with Gasteiger partial charge in [-0.2, -0.15) is 4.31 Å². The average Bonchev–Trinajstić information content (AvgIpc) is 2.68. The third kappa shape index (κ3) is 2.26. The summed E-state index contributed by atoms with van der Waals surface area (Å²) in [5.74, 6) is -0.859. The molecule has 7 nitrogen and oxygen atoms in total. The molecule has 2 aliphatic rings. The fourth-order valence-electron chi connectivity index (χ4n) is 2.62. The summed E-state index contributed by atoms with van der Waals surface area (Å²) in [5.41, 5.74) is 0.318. The predicted octanol–water partition coefficient (Wildman–Crippen LogP) is 0.0588. The van der Waals surface area contributed by atoms with E-state index in [2.05, 4.69) is 5.32 Å². The Morgan fingerprint density at radius 1 is 1.27 bits per heavy atom. The number of halogens is 1. The van der Waals surface area contributed by atoms with E-state index in [0.717, 1.165) is 17.0 Å². The standard InChI is InChI=1S/C13H14FN3O4S/c1-8-4-9(14)2-3-11(8)22(20,21)16-6-10(7-16)17-12(18)5-15-13(17)19/h2-4,10H,5-7H2,1H3,(H,15,19). The first kappa shape index (κ1) is 14.9. The first-order chi connectivity index (χ1) is 10.3. The molecule has 0 aromatic heterocycles. The summed E-state index contributed by atoms with van der Waals surface area (Å²) in [6, 6.07) is 2.52. The zero-order valence-corrected chi connectivity index (χ0v) is 12.6. The molecule has 0 saturated carbocycles. The number of hydrogen-bond acceptors (Lipinski definition) is 4. The van der Waals surface area contributed by atoms with Crippen LogP contribution in [0, 0.1) is 12.7 Å². The van der Waals surface area contributed by atoms with Crippen molar-refractivity contribution in [3.8, 4) is 0 Å². The van der Waals surface area contributed by atoms with Crippen LogP contribution >= 0.6 is 0 Å². The van der Waals surface area contributed by atoms with Crippen molar-refractivity contribution in [2.45, 2.75) is 17.9 Å². The number of sulfonamides is 1. The van der Waals surface area contributed by atoms with Crippen LogP contribution in [-0.2, 0) is 14.8 Å². The summed E-state index contributed by atoms with van der Waals surface area (Å²) in [6.45, 7) is 1.57. The summed E-state index contributed by atoms with van der Waals surface area (Å²) in [4.78, 5) is 24.2. The van der Waals surface area contributed by atoms with Gasteiger partial charge in [0.2, 0.25) is 15.9 Å². The van der Waals surface area contributed by atoms with Crippen molar-refractivity contribution in [3.05, 3.63) is 29.6 Å². The third-order valence-electron chi connectivity index (χ3n) is 3.83. The summed E-state index contributed by atoms with van der Waals surface area (Å²) in [5, 5.41) is 2.40. The smallest absolute Gasteiger partial charge is 0.324 e. The molecule has 2 saturated heterocycles. The second-order valence-corrected chi connectivity index (χ2v) is 7.21. The number of benzene rings is 1. The molecular weight excluding hydrogens is 313 g/mol. The minimum Gasteiger partial charge on any atom is -0.329 e. The number of imide groups is 1. The molecular formula is C13H14FN3O4S. The summed E-state index contributed by atoms with van der Waals surface area (Å²) < 4.78 is 39.2. The van der Waals surface area contributed by atoms with Gasteiger partial charge in [-0.05, 0) is 30.7 Å². The summed E-state index contributed by atoms with van der Waals surface area (Å²) in [7, 11) is -3.75. The predicted molar refractivity (Wildman–Crippen MR) is 73.9 cm³/mol. The Morgan fingerprint density at radius 2 is 1.95 bits per heavy atom. The van der Waals surface area contributed by atoms with E-state index in [1.165, 1.54) is 17.3 Å². The van der Waals surface area contributed by atoms with E-state index in [-0.39, 0.29) is 30.4 Å². The van der Waals surface area contributed by atoms with Crippen LogP contribution in [0.2, 0.25) is 0 Å². The number of nitrogens with one attached hydrogen (secondary N) is 1. The molecule has 1 aromatic carbocycles. The van der Waals surface area contributed by atoms with Crippen molar-refractivity contribution < 1.29 is 22.4 Å². The van der Waals surface area contributed by atoms with Crippen LogP contribution in [0.4, 0.5) is 9.18 Å². The lowest BCUT2D eigenvalue weighted by Gasteiger charge is -2.41. The van der Waals surface area contributed by atoms with Gasteiger partial charge in [0.15, 0.2) is 0 Å².